The van der Waals surface area contributed by atoms with Crippen LogP contribution < -0.4 is 4.74 Å². The molecule has 2 aromatic rings. The van der Waals surface area contributed by atoms with E-state index >= 15 is 0 Å². The summed E-state index contributed by atoms with van der Waals surface area (Å²) in [6.45, 7) is 2.36. The van der Waals surface area contributed by atoms with Gasteiger partial charge in [0.05, 0.1) is 18.7 Å². The third-order valence-corrected chi connectivity index (χ3v) is 5.18. The van der Waals surface area contributed by atoms with Gasteiger partial charge in [0.15, 0.2) is 11.5 Å². The van der Waals surface area contributed by atoms with E-state index in [-0.39, 0.29) is 22.8 Å². The number of hydrogen-bond donors (Lipinski definition) is 2. The van der Waals surface area contributed by atoms with Crippen molar-refractivity contribution in [2.75, 3.05) is 13.7 Å². The highest BCUT2D eigenvalue weighted by Crippen LogP contribution is 2.41. The Morgan fingerprint density at radius 2 is 1.86 bits per heavy atom. The maximum Gasteiger partial charge on any atom is 0.295 e. The van der Waals surface area contributed by atoms with Crippen molar-refractivity contribution in [2.24, 2.45) is 0 Å². The number of carbonyl (C=O) groups excluding carboxylic acids is 2. The molecule has 0 saturated carbocycles. The van der Waals surface area contributed by atoms with Gasteiger partial charge in [0.25, 0.3) is 11.7 Å². The Labute approximate surface area is 174 Å². The standard InChI is InChI=1S/C22H22ClNO5/c1-3-4-11-24-19(14-7-10-16(25)17(12-14)29-2)18(21(27)22(24)28)20(26)13-5-8-15(23)9-6-13/h5-10,12,19,25-26H,3-4,11H2,1-2H3/t19-/m0/s1. The average Bonchev–Trinajstić information content (AvgIpc) is 2.97. The molecule has 1 saturated heterocycles. The molecule has 7 heteroatoms. The van der Waals surface area contributed by atoms with Crippen LogP contribution in [0.2, 0.25) is 5.02 Å². The van der Waals surface area contributed by atoms with Crippen LogP contribution >= 0.6 is 11.6 Å². The molecule has 1 atom stereocenters. The third-order valence-electron chi connectivity index (χ3n) is 4.93. The quantitative estimate of drug-likeness (QED) is 0.418. The van der Waals surface area contributed by atoms with E-state index in [1.165, 1.54) is 18.1 Å². The number of carbonyl (C=O) groups is 2. The lowest BCUT2D eigenvalue weighted by Gasteiger charge is -2.25. The number of rotatable bonds is 6. The molecular formula is C22H22ClNO5. The maximum atomic E-state index is 12.8. The van der Waals surface area contributed by atoms with Gasteiger partial charge in [-0.25, -0.2) is 0 Å². The minimum atomic E-state index is -0.785. The Kier molecular flexibility index (Phi) is 6.13. The Hall–Kier alpha value is -2.99. The first-order valence-electron chi connectivity index (χ1n) is 9.30. The lowest BCUT2D eigenvalue weighted by atomic mass is 9.95. The summed E-state index contributed by atoms with van der Waals surface area (Å²) in [6, 6.07) is 10.2. The average molecular weight is 416 g/mol. The molecule has 6 nitrogen and oxygen atoms in total. The van der Waals surface area contributed by atoms with Crippen LogP contribution in [-0.4, -0.2) is 40.5 Å². The van der Waals surface area contributed by atoms with Gasteiger partial charge in [-0.1, -0.05) is 31.0 Å². The smallest absolute Gasteiger partial charge is 0.295 e. The third kappa shape index (κ3) is 3.93. The monoisotopic (exact) mass is 415 g/mol. The van der Waals surface area contributed by atoms with Gasteiger partial charge in [-0.15, -0.1) is 0 Å². The summed E-state index contributed by atoms with van der Waals surface area (Å²) in [5.41, 5.74) is 0.949. The molecule has 1 aliphatic rings. The highest BCUT2D eigenvalue weighted by Gasteiger charge is 2.45. The Morgan fingerprint density at radius 1 is 1.17 bits per heavy atom. The Bertz CT molecular complexity index is 968. The molecule has 1 fully saturated rings. The number of aliphatic hydroxyl groups is 1. The van der Waals surface area contributed by atoms with E-state index in [1.54, 1.807) is 36.4 Å². The van der Waals surface area contributed by atoms with Crippen LogP contribution in [0.4, 0.5) is 0 Å². The number of amides is 1. The highest BCUT2D eigenvalue weighted by atomic mass is 35.5. The van der Waals surface area contributed by atoms with Gasteiger partial charge in [-0.05, 0) is 48.4 Å². The number of aliphatic hydroxyl groups excluding tert-OH is 1. The van der Waals surface area contributed by atoms with Gasteiger partial charge in [0.1, 0.15) is 5.76 Å². The van der Waals surface area contributed by atoms with Crippen molar-refractivity contribution in [3.63, 3.8) is 0 Å². The number of aromatic hydroxyl groups is 1. The second-order valence-electron chi connectivity index (χ2n) is 6.78. The number of ketones is 1. The van der Waals surface area contributed by atoms with Crippen molar-refractivity contribution in [1.29, 1.82) is 0 Å². The van der Waals surface area contributed by atoms with Gasteiger partial charge in [-0.3, -0.25) is 9.59 Å². The van der Waals surface area contributed by atoms with E-state index in [4.69, 9.17) is 16.3 Å². The summed E-state index contributed by atoms with van der Waals surface area (Å²) in [4.78, 5) is 27.1. The number of unbranched alkanes of at least 4 members (excludes halogenated alkanes) is 1. The molecule has 29 heavy (non-hydrogen) atoms. The molecule has 1 aliphatic heterocycles. The van der Waals surface area contributed by atoms with Crippen molar-refractivity contribution in [2.45, 2.75) is 25.8 Å². The van der Waals surface area contributed by atoms with Crippen molar-refractivity contribution in [3.05, 3.63) is 64.2 Å². The number of halogens is 1. The van der Waals surface area contributed by atoms with E-state index in [0.717, 1.165) is 6.42 Å². The molecule has 0 unspecified atom stereocenters. The van der Waals surface area contributed by atoms with Gasteiger partial charge in [0.2, 0.25) is 0 Å². The summed E-state index contributed by atoms with van der Waals surface area (Å²) < 4.78 is 5.18. The van der Waals surface area contributed by atoms with Crippen molar-refractivity contribution >= 4 is 29.1 Å². The molecule has 0 spiro atoms. The first-order chi connectivity index (χ1) is 13.9. The maximum absolute atomic E-state index is 12.8. The summed E-state index contributed by atoms with van der Waals surface area (Å²) in [6.07, 6.45) is 1.55. The van der Waals surface area contributed by atoms with Gasteiger partial charge in [0, 0.05) is 17.1 Å². The van der Waals surface area contributed by atoms with E-state index in [1.807, 2.05) is 6.92 Å². The molecule has 2 N–H and O–H groups in total. The number of ether oxygens (including phenoxy) is 1. The van der Waals surface area contributed by atoms with Crippen LogP contribution in [0.25, 0.3) is 5.76 Å². The summed E-state index contributed by atoms with van der Waals surface area (Å²) >= 11 is 5.92. The largest absolute Gasteiger partial charge is 0.507 e. The zero-order chi connectivity index (χ0) is 21.1. The molecule has 0 aliphatic carbocycles. The highest BCUT2D eigenvalue weighted by molar-refractivity contribution is 6.46. The van der Waals surface area contributed by atoms with Crippen LogP contribution in [0, 0.1) is 0 Å². The first kappa shape index (κ1) is 20.7. The molecule has 152 valence electrons. The summed E-state index contributed by atoms with van der Waals surface area (Å²) in [5.74, 6) is -1.51. The lowest BCUT2D eigenvalue weighted by Crippen LogP contribution is -2.30. The minimum absolute atomic E-state index is 0.00108. The van der Waals surface area contributed by atoms with Crippen LogP contribution in [0.3, 0.4) is 0 Å². The number of benzene rings is 2. The predicted octanol–water partition coefficient (Wildman–Crippen LogP) is 4.28. The fourth-order valence-electron chi connectivity index (χ4n) is 3.41. The zero-order valence-corrected chi connectivity index (χ0v) is 16.9. The number of phenolic OH excluding ortho intramolecular Hbond substituents is 1. The van der Waals surface area contributed by atoms with Crippen LogP contribution in [0.15, 0.2) is 48.0 Å². The topological polar surface area (TPSA) is 87.1 Å². The fraction of sp³-hybridized carbons (Fsp3) is 0.273. The molecule has 2 aromatic carbocycles. The number of methoxy groups -OCH3 is 1. The van der Waals surface area contributed by atoms with Gasteiger partial charge >= 0.3 is 0 Å². The fourth-order valence-corrected chi connectivity index (χ4v) is 3.54. The Morgan fingerprint density at radius 3 is 2.48 bits per heavy atom. The van der Waals surface area contributed by atoms with E-state index in [9.17, 15) is 19.8 Å². The number of likely N-dealkylation sites (tertiary alicyclic amines) is 1. The normalized spacial score (nSPS) is 18.3. The number of phenols is 1. The predicted molar refractivity (Wildman–Crippen MR) is 110 cm³/mol. The SMILES string of the molecule is CCCCN1C(=O)C(=O)C(=C(O)c2ccc(Cl)cc2)[C@@H]1c1ccc(O)c(OC)c1. The Balaban J connectivity index is 2.18. The van der Waals surface area contributed by atoms with E-state index in [2.05, 4.69) is 0 Å². The van der Waals surface area contributed by atoms with Gasteiger partial charge < -0.3 is 19.8 Å². The second-order valence-corrected chi connectivity index (χ2v) is 7.22. The van der Waals surface area contributed by atoms with Crippen LogP contribution in [0.1, 0.15) is 36.9 Å². The molecule has 0 aromatic heterocycles. The van der Waals surface area contributed by atoms with Crippen molar-refractivity contribution < 1.29 is 24.5 Å². The molecule has 0 bridgehead atoms. The van der Waals surface area contributed by atoms with E-state index < -0.39 is 17.7 Å². The lowest BCUT2D eigenvalue weighted by molar-refractivity contribution is -0.139. The number of Topliss-reactive ketones (excluding diaryl/α,β-unsaturated/α-hetero) is 1. The van der Waals surface area contributed by atoms with E-state index in [0.29, 0.717) is 29.1 Å². The molecule has 1 heterocycles. The zero-order valence-electron chi connectivity index (χ0n) is 16.2. The molecular weight excluding hydrogens is 394 g/mol. The van der Waals surface area contributed by atoms with Crippen LogP contribution in [0.5, 0.6) is 11.5 Å². The minimum Gasteiger partial charge on any atom is -0.507 e. The second kappa shape index (κ2) is 8.57. The first-order valence-corrected chi connectivity index (χ1v) is 9.68. The number of nitrogens with zero attached hydrogens (tertiary/aromatic N) is 1. The van der Waals surface area contributed by atoms with Crippen molar-refractivity contribution in [3.8, 4) is 11.5 Å². The molecule has 0 radical (unpaired) electrons. The summed E-state index contributed by atoms with van der Waals surface area (Å²) in [7, 11) is 1.42. The molecule has 1 amide bonds. The summed E-state index contributed by atoms with van der Waals surface area (Å²) in [5, 5.41) is 21.3. The van der Waals surface area contributed by atoms with Gasteiger partial charge in [-0.2, -0.15) is 0 Å². The molecule has 3 rings (SSSR count). The number of hydrogen-bond acceptors (Lipinski definition) is 5. The van der Waals surface area contributed by atoms with Crippen LogP contribution in [-0.2, 0) is 9.59 Å². The van der Waals surface area contributed by atoms with Crippen molar-refractivity contribution in [1.82, 2.24) is 4.90 Å².